The van der Waals surface area contributed by atoms with Crippen molar-refractivity contribution in [3.63, 3.8) is 0 Å². The number of rotatable bonds is 2. The summed E-state index contributed by atoms with van der Waals surface area (Å²) < 4.78 is 5.20. The van der Waals surface area contributed by atoms with E-state index in [-0.39, 0.29) is 12.1 Å². The molecule has 3 heteroatoms. The maximum Gasteiger partial charge on any atom is 0.306 e. The first-order valence-electron chi connectivity index (χ1n) is 5.13. The summed E-state index contributed by atoms with van der Waals surface area (Å²) in [6, 6.07) is 8.14. The van der Waals surface area contributed by atoms with Gasteiger partial charge in [0.05, 0.1) is 0 Å². The van der Waals surface area contributed by atoms with Crippen molar-refractivity contribution in [2.75, 3.05) is 19.0 Å². The molecule has 1 atom stereocenters. The highest BCUT2D eigenvalue weighted by molar-refractivity contribution is 5.71. The van der Waals surface area contributed by atoms with Gasteiger partial charge < -0.3 is 9.64 Å². The van der Waals surface area contributed by atoms with Crippen molar-refractivity contribution in [3.8, 4) is 0 Å². The molecule has 1 aromatic carbocycles. The van der Waals surface area contributed by atoms with E-state index in [1.54, 1.807) is 0 Å². The summed E-state index contributed by atoms with van der Waals surface area (Å²) in [4.78, 5) is 13.0. The number of nitrogens with zero attached hydrogens (tertiary/aromatic N) is 1. The van der Waals surface area contributed by atoms with Crippen LogP contribution in [0.3, 0.4) is 0 Å². The molecular formula is C12H15NO2. The average molecular weight is 205 g/mol. The van der Waals surface area contributed by atoms with E-state index in [1.165, 1.54) is 0 Å². The van der Waals surface area contributed by atoms with Crippen LogP contribution in [0.25, 0.3) is 0 Å². The van der Waals surface area contributed by atoms with Gasteiger partial charge in [-0.1, -0.05) is 12.1 Å². The Hall–Kier alpha value is -1.51. The van der Waals surface area contributed by atoms with E-state index in [0.717, 1.165) is 17.7 Å². The zero-order valence-corrected chi connectivity index (χ0v) is 9.06. The van der Waals surface area contributed by atoms with Crippen LogP contribution in [0.4, 0.5) is 5.69 Å². The van der Waals surface area contributed by atoms with Crippen LogP contribution < -0.4 is 4.90 Å². The van der Waals surface area contributed by atoms with Crippen LogP contribution in [-0.4, -0.2) is 20.1 Å². The Morgan fingerprint density at radius 3 is 2.40 bits per heavy atom. The van der Waals surface area contributed by atoms with Crippen molar-refractivity contribution >= 4 is 11.7 Å². The predicted molar refractivity (Wildman–Crippen MR) is 58.8 cm³/mol. The molecular weight excluding hydrogens is 190 g/mol. The predicted octanol–water partition coefficient (Wildman–Crippen LogP) is 2.13. The number of carbonyl (C=O) groups is 1. The van der Waals surface area contributed by atoms with Crippen molar-refractivity contribution < 1.29 is 9.53 Å². The largest absolute Gasteiger partial charge is 0.457 e. The van der Waals surface area contributed by atoms with Crippen molar-refractivity contribution in [1.82, 2.24) is 0 Å². The van der Waals surface area contributed by atoms with Crippen molar-refractivity contribution in [2.24, 2.45) is 0 Å². The molecule has 1 heterocycles. The normalized spacial score (nSPS) is 20.1. The molecule has 0 radical (unpaired) electrons. The molecule has 1 aliphatic rings. The Kier molecular flexibility index (Phi) is 2.62. The number of ether oxygens (including phenoxy) is 1. The van der Waals surface area contributed by atoms with Crippen LogP contribution in [0, 0.1) is 0 Å². The van der Waals surface area contributed by atoms with Crippen LogP contribution >= 0.6 is 0 Å². The molecule has 0 spiro atoms. The van der Waals surface area contributed by atoms with Gasteiger partial charge in [0.15, 0.2) is 0 Å². The third-order valence-electron chi connectivity index (χ3n) is 2.67. The van der Waals surface area contributed by atoms with Gasteiger partial charge in [-0.25, -0.2) is 0 Å². The molecule has 0 saturated carbocycles. The number of carbonyl (C=O) groups excluding carboxylic acids is 1. The van der Waals surface area contributed by atoms with Crippen LogP contribution in [0.1, 0.15) is 24.5 Å². The van der Waals surface area contributed by atoms with Gasteiger partial charge in [-0.3, -0.25) is 4.79 Å². The SMILES string of the molecule is CN(C)c1ccc(C2CCC(=O)O2)cc1. The lowest BCUT2D eigenvalue weighted by atomic mass is 10.1. The Bertz CT molecular complexity index is 356. The maximum absolute atomic E-state index is 11.0. The van der Waals surface area contributed by atoms with Gasteiger partial charge in [0.2, 0.25) is 0 Å². The third-order valence-corrected chi connectivity index (χ3v) is 2.67. The highest BCUT2D eigenvalue weighted by Crippen LogP contribution is 2.30. The minimum Gasteiger partial charge on any atom is -0.457 e. The summed E-state index contributed by atoms with van der Waals surface area (Å²) >= 11 is 0. The topological polar surface area (TPSA) is 29.5 Å². The molecule has 0 bridgehead atoms. The zero-order chi connectivity index (χ0) is 10.8. The Morgan fingerprint density at radius 1 is 1.27 bits per heavy atom. The van der Waals surface area contributed by atoms with E-state index in [2.05, 4.69) is 0 Å². The molecule has 80 valence electrons. The van der Waals surface area contributed by atoms with E-state index in [4.69, 9.17) is 4.74 Å². The molecule has 1 fully saturated rings. The highest BCUT2D eigenvalue weighted by atomic mass is 16.5. The fourth-order valence-corrected chi connectivity index (χ4v) is 1.75. The second-order valence-corrected chi connectivity index (χ2v) is 4.00. The Morgan fingerprint density at radius 2 is 1.93 bits per heavy atom. The van der Waals surface area contributed by atoms with Gasteiger partial charge in [0.25, 0.3) is 0 Å². The van der Waals surface area contributed by atoms with Gasteiger partial charge in [0.1, 0.15) is 6.10 Å². The number of esters is 1. The lowest BCUT2D eigenvalue weighted by Crippen LogP contribution is -2.08. The summed E-state index contributed by atoms with van der Waals surface area (Å²) in [6.45, 7) is 0. The molecule has 15 heavy (non-hydrogen) atoms. The minimum absolute atomic E-state index is 0.0336. The second-order valence-electron chi connectivity index (χ2n) is 4.00. The minimum atomic E-state index is -0.0864. The molecule has 1 aliphatic heterocycles. The van der Waals surface area contributed by atoms with Crippen molar-refractivity contribution in [1.29, 1.82) is 0 Å². The number of benzene rings is 1. The monoisotopic (exact) mass is 205 g/mol. The Labute approximate surface area is 89.7 Å². The fraction of sp³-hybridized carbons (Fsp3) is 0.417. The number of hydrogen-bond acceptors (Lipinski definition) is 3. The maximum atomic E-state index is 11.0. The van der Waals surface area contributed by atoms with Gasteiger partial charge in [-0.05, 0) is 24.1 Å². The smallest absolute Gasteiger partial charge is 0.306 e. The van der Waals surface area contributed by atoms with Crippen molar-refractivity contribution in [3.05, 3.63) is 29.8 Å². The van der Waals surface area contributed by atoms with Gasteiger partial charge in [-0.15, -0.1) is 0 Å². The lowest BCUT2D eigenvalue weighted by Gasteiger charge is -2.14. The van der Waals surface area contributed by atoms with Crippen LogP contribution in [0.15, 0.2) is 24.3 Å². The molecule has 0 aromatic heterocycles. The highest BCUT2D eigenvalue weighted by Gasteiger charge is 2.24. The van der Waals surface area contributed by atoms with E-state index >= 15 is 0 Å². The lowest BCUT2D eigenvalue weighted by molar-refractivity contribution is -0.141. The molecule has 0 aliphatic carbocycles. The first kappa shape index (κ1) is 10.0. The summed E-state index contributed by atoms with van der Waals surface area (Å²) in [5.41, 5.74) is 2.24. The first-order valence-corrected chi connectivity index (χ1v) is 5.13. The van der Waals surface area contributed by atoms with Gasteiger partial charge in [-0.2, -0.15) is 0 Å². The standard InChI is InChI=1S/C12H15NO2/c1-13(2)10-5-3-9(4-6-10)11-7-8-12(14)15-11/h3-6,11H,7-8H2,1-2H3. The second kappa shape index (κ2) is 3.93. The van der Waals surface area contributed by atoms with Crippen molar-refractivity contribution in [2.45, 2.75) is 18.9 Å². The molecule has 0 amide bonds. The van der Waals surface area contributed by atoms with Gasteiger partial charge in [0, 0.05) is 26.2 Å². The molecule has 0 N–H and O–H groups in total. The summed E-state index contributed by atoms with van der Waals surface area (Å²) in [5, 5.41) is 0. The number of anilines is 1. The van der Waals surface area contributed by atoms with Crippen LogP contribution in [0.5, 0.6) is 0 Å². The van der Waals surface area contributed by atoms with E-state index < -0.39 is 0 Å². The Balaban J connectivity index is 2.13. The summed E-state index contributed by atoms with van der Waals surface area (Å²) in [7, 11) is 4.01. The number of hydrogen-bond donors (Lipinski definition) is 0. The fourth-order valence-electron chi connectivity index (χ4n) is 1.75. The van der Waals surface area contributed by atoms with E-state index in [0.29, 0.717) is 6.42 Å². The summed E-state index contributed by atoms with van der Waals surface area (Å²) in [5.74, 6) is -0.0864. The van der Waals surface area contributed by atoms with E-state index in [9.17, 15) is 4.79 Å². The molecule has 1 saturated heterocycles. The summed E-state index contributed by atoms with van der Waals surface area (Å²) in [6.07, 6.45) is 1.31. The third kappa shape index (κ3) is 2.12. The number of cyclic esters (lactones) is 1. The quantitative estimate of drug-likeness (QED) is 0.693. The molecule has 3 nitrogen and oxygen atoms in total. The van der Waals surface area contributed by atoms with Crippen LogP contribution in [-0.2, 0) is 9.53 Å². The average Bonchev–Trinajstić information content (AvgIpc) is 2.65. The molecule has 2 rings (SSSR count). The zero-order valence-electron chi connectivity index (χ0n) is 9.06. The molecule has 1 aromatic rings. The van der Waals surface area contributed by atoms with E-state index in [1.807, 2.05) is 43.3 Å². The van der Waals surface area contributed by atoms with Gasteiger partial charge >= 0.3 is 5.97 Å². The van der Waals surface area contributed by atoms with Crippen LogP contribution in [0.2, 0.25) is 0 Å². The first-order chi connectivity index (χ1) is 7.16. The molecule has 1 unspecified atom stereocenters.